The second-order valence-corrected chi connectivity index (χ2v) is 7.13. The minimum absolute atomic E-state index is 0.823. The normalized spacial score (nSPS) is 17.1. The van der Waals surface area contributed by atoms with Gasteiger partial charge in [-0.05, 0) is 37.6 Å². The van der Waals surface area contributed by atoms with Crippen molar-refractivity contribution in [3.05, 3.63) is 10.6 Å². The molecule has 2 rings (SSSR count). The molecule has 2 heterocycles. The second kappa shape index (κ2) is 7.41. The summed E-state index contributed by atoms with van der Waals surface area (Å²) in [5.41, 5.74) is 1.29. The van der Waals surface area contributed by atoms with Crippen LogP contribution in [0.25, 0.3) is 0 Å². The van der Waals surface area contributed by atoms with Gasteiger partial charge in [-0.1, -0.05) is 27.7 Å². The fourth-order valence-corrected chi connectivity index (χ4v) is 4.09. The Morgan fingerprint density at radius 2 is 2.00 bits per heavy atom. The van der Waals surface area contributed by atoms with Crippen LogP contribution in [0.15, 0.2) is 0 Å². The minimum atomic E-state index is 0.823. The number of hydrogen-bond donors (Lipinski definition) is 1. The van der Waals surface area contributed by atoms with E-state index in [2.05, 4.69) is 37.9 Å². The van der Waals surface area contributed by atoms with Crippen molar-refractivity contribution in [2.45, 2.75) is 53.5 Å². The molecule has 0 radical (unpaired) electrons. The average molecular weight is 295 g/mol. The SMILES string of the molecule is CCNCc1sc(N2CCC(C(C)C)CC2)nc1CC. The molecule has 4 heteroatoms. The summed E-state index contributed by atoms with van der Waals surface area (Å²) in [5, 5.41) is 4.68. The Balaban J connectivity index is 2.01. The van der Waals surface area contributed by atoms with E-state index in [4.69, 9.17) is 4.98 Å². The highest BCUT2D eigenvalue weighted by atomic mass is 32.1. The van der Waals surface area contributed by atoms with Gasteiger partial charge in [0.2, 0.25) is 0 Å². The lowest BCUT2D eigenvalue weighted by molar-refractivity contribution is 0.311. The molecule has 0 spiro atoms. The van der Waals surface area contributed by atoms with Gasteiger partial charge in [0, 0.05) is 24.5 Å². The summed E-state index contributed by atoms with van der Waals surface area (Å²) in [4.78, 5) is 8.80. The molecule has 0 atom stereocenters. The van der Waals surface area contributed by atoms with Crippen LogP contribution in [0.1, 0.15) is 51.1 Å². The van der Waals surface area contributed by atoms with Crippen LogP contribution in [0.2, 0.25) is 0 Å². The predicted octanol–water partition coefficient (Wildman–Crippen LogP) is 3.69. The Kier molecular flexibility index (Phi) is 5.85. The van der Waals surface area contributed by atoms with Gasteiger partial charge in [-0.2, -0.15) is 0 Å². The Hall–Kier alpha value is -0.610. The standard InChI is InChI=1S/C16H29N3S/c1-5-14-15(11-17-6-2)20-16(18-14)19-9-7-13(8-10-19)12(3)4/h12-13,17H,5-11H2,1-4H3. The van der Waals surface area contributed by atoms with Gasteiger partial charge in [0.15, 0.2) is 5.13 Å². The van der Waals surface area contributed by atoms with Gasteiger partial charge in [-0.25, -0.2) is 4.98 Å². The molecule has 0 bridgehead atoms. The maximum absolute atomic E-state index is 4.88. The molecule has 1 fully saturated rings. The molecule has 0 saturated carbocycles. The Morgan fingerprint density at radius 1 is 1.30 bits per heavy atom. The number of aryl methyl sites for hydroxylation is 1. The molecule has 0 unspecified atom stereocenters. The predicted molar refractivity (Wildman–Crippen MR) is 88.6 cm³/mol. The molecule has 1 aromatic rings. The third kappa shape index (κ3) is 3.73. The van der Waals surface area contributed by atoms with E-state index >= 15 is 0 Å². The molecular weight excluding hydrogens is 266 g/mol. The average Bonchev–Trinajstić information content (AvgIpc) is 2.88. The second-order valence-electron chi connectivity index (χ2n) is 6.07. The summed E-state index contributed by atoms with van der Waals surface area (Å²) in [7, 11) is 0. The fourth-order valence-electron chi connectivity index (χ4n) is 2.92. The molecule has 20 heavy (non-hydrogen) atoms. The van der Waals surface area contributed by atoms with E-state index in [0.29, 0.717) is 0 Å². The summed E-state index contributed by atoms with van der Waals surface area (Å²) in [6.45, 7) is 13.4. The van der Waals surface area contributed by atoms with E-state index in [1.807, 2.05) is 11.3 Å². The van der Waals surface area contributed by atoms with Crippen molar-refractivity contribution < 1.29 is 0 Å². The molecule has 1 saturated heterocycles. The van der Waals surface area contributed by atoms with Gasteiger partial charge in [0.1, 0.15) is 0 Å². The quantitative estimate of drug-likeness (QED) is 0.867. The van der Waals surface area contributed by atoms with Crippen LogP contribution >= 0.6 is 11.3 Å². The van der Waals surface area contributed by atoms with E-state index in [9.17, 15) is 0 Å². The van der Waals surface area contributed by atoms with Crippen LogP contribution in [0.5, 0.6) is 0 Å². The molecule has 1 aliphatic heterocycles. The van der Waals surface area contributed by atoms with Gasteiger partial charge in [0.25, 0.3) is 0 Å². The Labute approximate surface area is 127 Å². The molecule has 0 amide bonds. The molecule has 114 valence electrons. The van der Waals surface area contributed by atoms with E-state index < -0.39 is 0 Å². The zero-order chi connectivity index (χ0) is 14.5. The van der Waals surface area contributed by atoms with Gasteiger partial charge in [-0.3, -0.25) is 0 Å². The smallest absolute Gasteiger partial charge is 0.185 e. The highest BCUT2D eigenvalue weighted by molar-refractivity contribution is 7.15. The number of aromatic nitrogens is 1. The highest BCUT2D eigenvalue weighted by Crippen LogP contribution is 2.32. The van der Waals surface area contributed by atoms with Crippen molar-refractivity contribution in [2.24, 2.45) is 11.8 Å². The fraction of sp³-hybridized carbons (Fsp3) is 0.812. The lowest BCUT2D eigenvalue weighted by Crippen LogP contribution is -2.35. The van der Waals surface area contributed by atoms with Crippen LogP contribution in [-0.2, 0) is 13.0 Å². The van der Waals surface area contributed by atoms with Gasteiger partial charge >= 0.3 is 0 Å². The molecule has 0 aliphatic carbocycles. The molecular formula is C16H29N3S. The number of piperidine rings is 1. The lowest BCUT2D eigenvalue weighted by atomic mass is 9.87. The molecule has 1 N–H and O–H groups in total. The first-order valence-corrected chi connectivity index (χ1v) is 8.91. The maximum atomic E-state index is 4.88. The number of anilines is 1. The summed E-state index contributed by atoms with van der Waals surface area (Å²) in [5.74, 6) is 1.72. The summed E-state index contributed by atoms with van der Waals surface area (Å²) < 4.78 is 0. The Bertz CT molecular complexity index is 406. The number of hydrogen-bond acceptors (Lipinski definition) is 4. The van der Waals surface area contributed by atoms with Crippen molar-refractivity contribution in [2.75, 3.05) is 24.5 Å². The largest absolute Gasteiger partial charge is 0.348 e. The number of rotatable bonds is 6. The summed E-state index contributed by atoms with van der Waals surface area (Å²) in [6.07, 6.45) is 3.68. The number of thiazole rings is 1. The summed E-state index contributed by atoms with van der Waals surface area (Å²) >= 11 is 1.89. The lowest BCUT2D eigenvalue weighted by Gasteiger charge is -2.33. The van der Waals surface area contributed by atoms with Crippen LogP contribution < -0.4 is 10.2 Å². The third-order valence-electron chi connectivity index (χ3n) is 4.39. The molecule has 3 nitrogen and oxygen atoms in total. The maximum Gasteiger partial charge on any atom is 0.185 e. The van der Waals surface area contributed by atoms with Crippen molar-refractivity contribution >= 4 is 16.5 Å². The van der Waals surface area contributed by atoms with E-state index in [0.717, 1.165) is 31.3 Å². The first kappa shape index (κ1) is 15.8. The van der Waals surface area contributed by atoms with Crippen molar-refractivity contribution in [3.63, 3.8) is 0 Å². The third-order valence-corrected chi connectivity index (χ3v) is 5.55. The minimum Gasteiger partial charge on any atom is -0.348 e. The highest BCUT2D eigenvalue weighted by Gasteiger charge is 2.24. The molecule has 1 aromatic heterocycles. The van der Waals surface area contributed by atoms with Crippen LogP contribution in [-0.4, -0.2) is 24.6 Å². The van der Waals surface area contributed by atoms with Gasteiger partial charge in [0.05, 0.1) is 5.69 Å². The monoisotopic (exact) mass is 295 g/mol. The zero-order valence-electron chi connectivity index (χ0n) is 13.4. The number of nitrogens with zero attached hydrogens (tertiary/aromatic N) is 2. The van der Waals surface area contributed by atoms with Crippen molar-refractivity contribution in [1.82, 2.24) is 10.3 Å². The van der Waals surface area contributed by atoms with Crippen molar-refractivity contribution in [3.8, 4) is 0 Å². The van der Waals surface area contributed by atoms with Crippen LogP contribution in [0.3, 0.4) is 0 Å². The van der Waals surface area contributed by atoms with Crippen molar-refractivity contribution in [1.29, 1.82) is 0 Å². The molecule has 1 aliphatic rings. The number of nitrogens with one attached hydrogen (secondary N) is 1. The van der Waals surface area contributed by atoms with E-state index in [1.54, 1.807) is 0 Å². The first-order valence-electron chi connectivity index (χ1n) is 8.09. The summed E-state index contributed by atoms with van der Waals surface area (Å²) in [6, 6.07) is 0. The van der Waals surface area contributed by atoms with Gasteiger partial charge < -0.3 is 10.2 Å². The van der Waals surface area contributed by atoms with E-state index in [-0.39, 0.29) is 0 Å². The molecule has 0 aromatic carbocycles. The van der Waals surface area contributed by atoms with Crippen LogP contribution in [0, 0.1) is 11.8 Å². The van der Waals surface area contributed by atoms with Crippen LogP contribution in [0.4, 0.5) is 5.13 Å². The Morgan fingerprint density at radius 3 is 2.55 bits per heavy atom. The van der Waals surface area contributed by atoms with Gasteiger partial charge in [-0.15, -0.1) is 11.3 Å². The first-order chi connectivity index (χ1) is 9.65. The zero-order valence-corrected chi connectivity index (χ0v) is 14.2. The van der Waals surface area contributed by atoms with E-state index in [1.165, 1.54) is 41.6 Å². The topological polar surface area (TPSA) is 28.2 Å².